The van der Waals surface area contributed by atoms with E-state index in [1.165, 1.54) is 0 Å². The standard InChI is InChI=1S/C11H16O2/c1-3-4-5-6-9-8(2)10(12)7-11(9)13/h5-6,10,12H,3-4,7H2,1-2H3/b6-5-. The van der Waals surface area contributed by atoms with Gasteiger partial charge in [0.25, 0.3) is 0 Å². The van der Waals surface area contributed by atoms with Crippen LogP contribution in [-0.2, 0) is 4.79 Å². The molecule has 0 heterocycles. The van der Waals surface area contributed by atoms with Gasteiger partial charge in [-0.05, 0) is 18.9 Å². The third kappa shape index (κ3) is 2.28. The fourth-order valence-electron chi connectivity index (χ4n) is 1.43. The number of Topliss-reactive ketones (excluding diaryl/α,β-unsaturated/α-hetero) is 1. The highest BCUT2D eigenvalue weighted by atomic mass is 16.3. The van der Waals surface area contributed by atoms with E-state index in [1.807, 2.05) is 19.1 Å². The zero-order valence-electron chi connectivity index (χ0n) is 8.21. The number of carbonyl (C=O) groups excluding carboxylic acids is 1. The van der Waals surface area contributed by atoms with Crippen LogP contribution in [0.4, 0.5) is 0 Å². The van der Waals surface area contributed by atoms with E-state index >= 15 is 0 Å². The summed E-state index contributed by atoms with van der Waals surface area (Å²) in [7, 11) is 0. The van der Waals surface area contributed by atoms with Crippen molar-refractivity contribution in [3.8, 4) is 0 Å². The first-order chi connectivity index (χ1) is 6.16. The molecule has 0 aromatic carbocycles. The lowest BCUT2D eigenvalue weighted by molar-refractivity contribution is -0.115. The molecule has 0 aromatic heterocycles. The van der Waals surface area contributed by atoms with Gasteiger partial charge in [-0.15, -0.1) is 0 Å². The molecule has 13 heavy (non-hydrogen) atoms. The van der Waals surface area contributed by atoms with Gasteiger partial charge in [-0.25, -0.2) is 0 Å². The van der Waals surface area contributed by atoms with E-state index in [9.17, 15) is 9.90 Å². The molecule has 1 rings (SSSR count). The van der Waals surface area contributed by atoms with Crippen LogP contribution >= 0.6 is 0 Å². The van der Waals surface area contributed by atoms with Gasteiger partial charge >= 0.3 is 0 Å². The molecule has 0 fully saturated rings. The van der Waals surface area contributed by atoms with Crippen LogP contribution < -0.4 is 0 Å². The number of unbranched alkanes of at least 4 members (excludes halogenated alkanes) is 1. The maximum atomic E-state index is 11.3. The lowest BCUT2D eigenvalue weighted by Crippen LogP contribution is -2.03. The van der Waals surface area contributed by atoms with Crippen molar-refractivity contribution in [2.75, 3.05) is 0 Å². The molecule has 0 bridgehead atoms. The number of aliphatic hydroxyl groups is 1. The number of allylic oxidation sites excluding steroid dienone is 3. The molecule has 72 valence electrons. The predicted octanol–water partition coefficient (Wildman–Crippen LogP) is 1.99. The molecule has 0 amide bonds. The molecule has 0 aromatic rings. The van der Waals surface area contributed by atoms with E-state index in [1.54, 1.807) is 0 Å². The van der Waals surface area contributed by atoms with Crippen molar-refractivity contribution in [3.05, 3.63) is 23.3 Å². The normalized spacial score (nSPS) is 23.6. The second kappa shape index (κ2) is 4.38. The van der Waals surface area contributed by atoms with Gasteiger partial charge in [0.15, 0.2) is 5.78 Å². The van der Waals surface area contributed by atoms with Gasteiger partial charge in [0, 0.05) is 12.0 Å². The minimum Gasteiger partial charge on any atom is -0.388 e. The summed E-state index contributed by atoms with van der Waals surface area (Å²) < 4.78 is 0. The summed E-state index contributed by atoms with van der Waals surface area (Å²) in [6, 6.07) is 0. The summed E-state index contributed by atoms with van der Waals surface area (Å²) in [4.78, 5) is 11.3. The van der Waals surface area contributed by atoms with Crippen LogP contribution in [0, 0.1) is 0 Å². The van der Waals surface area contributed by atoms with Crippen molar-refractivity contribution >= 4 is 5.78 Å². The maximum absolute atomic E-state index is 11.3. The average molecular weight is 180 g/mol. The van der Waals surface area contributed by atoms with Crippen molar-refractivity contribution in [3.63, 3.8) is 0 Å². The van der Waals surface area contributed by atoms with Gasteiger partial charge in [0.05, 0.1) is 6.10 Å². The maximum Gasteiger partial charge on any atom is 0.165 e. The first-order valence-corrected chi connectivity index (χ1v) is 4.75. The highest BCUT2D eigenvalue weighted by molar-refractivity contribution is 6.02. The molecule has 1 aliphatic rings. The van der Waals surface area contributed by atoms with E-state index in [2.05, 4.69) is 6.92 Å². The Bertz CT molecular complexity index is 261. The second-order valence-electron chi connectivity index (χ2n) is 3.43. The Kier molecular flexibility index (Phi) is 3.43. The minimum absolute atomic E-state index is 0.0670. The molecule has 1 N–H and O–H groups in total. The highest BCUT2D eigenvalue weighted by Gasteiger charge is 2.25. The van der Waals surface area contributed by atoms with Crippen molar-refractivity contribution in [1.29, 1.82) is 0 Å². The molecule has 1 aliphatic carbocycles. The van der Waals surface area contributed by atoms with Crippen LogP contribution in [0.3, 0.4) is 0 Å². The first-order valence-electron chi connectivity index (χ1n) is 4.75. The number of hydrogen-bond donors (Lipinski definition) is 1. The highest BCUT2D eigenvalue weighted by Crippen LogP contribution is 2.23. The Morgan fingerprint density at radius 2 is 2.31 bits per heavy atom. The fourth-order valence-corrected chi connectivity index (χ4v) is 1.43. The summed E-state index contributed by atoms with van der Waals surface area (Å²) >= 11 is 0. The lowest BCUT2D eigenvalue weighted by Gasteiger charge is -1.98. The van der Waals surface area contributed by atoms with Gasteiger partial charge in [-0.3, -0.25) is 4.79 Å². The van der Waals surface area contributed by atoms with Crippen LogP contribution in [0.5, 0.6) is 0 Å². The Balaban J connectivity index is 2.72. The molecule has 0 spiro atoms. The topological polar surface area (TPSA) is 37.3 Å². The molecule has 1 atom stereocenters. The number of hydrogen-bond acceptors (Lipinski definition) is 2. The molecule has 0 radical (unpaired) electrons. The van der Waals surface area contributed by atoms with Crippen molar-refractivity contribution in [2.45, 2.75) is 39.2 Å². The summed E-state index contributed by atoms with van der Waals surface area (Å²) in [5, 5.41) is 9.38. The van der Waals surface area contributed by atoms with Crippen molar-refractivity contribution in [2.24, 2.45) is 0 Å². The van der Waals surface area contributed by atoms with E-state index < -0.39 is 6.10 Å². The minimum atomic E-state index is -0.547. The van der Waals surface area contributed by atoms with Crippen molar-refractivity contribution in [1.82, 2.24) is 0 Å². The molecule has 2 heteroatoms. The monoisotopic (exact) mass is 180 g/mol. The lowest BCUT2D eigenvalue weighted by atomic mass is 10.1. The smallest absolute Gasteiger partial charge is 0.165 e. The van der Waals surface area contributed by atoms with Crippen LogP contribution in [0.25, 0.3) is 0 Å². The van der Waals surface area contributed by atoms with Gasteiger partial charge in [0.1, 0.15) is 0 Å². The Morgan fingerprint density at radius 3 is 2.77 bits per heavy atom. The molecule has 0 aliphatic heterocycles. The van der Waals surface area contributed by atoms with Gasteiger partial charge < -0.3 is 5.11 Å². The Hall–Kier alpha value is -0.890. The predicted molar refractivity (Wildman–Crippen MR) is 52.4 cm³/mol. The van der Waals surface area contributed by atoms with E-state index in [0.717, 1.165) is 18.4 Å². The van der Waals surface area contributed by atoms with E-state index in [0.29, 0.717) is 5.57 Å². The molecule has 0 saturated carbocycles. The quantitative estimate of drug-likeness (QED) is 0.721. The molecule has 1 unspecified atom stereocenters. The van der Waals surface area contributed by atoms with E-state index in [-0.39, 0.29) is 12.2 Å². The molecular formula is C11H16O2. The molecule has 2 nitrogen and oxygen atoms in total. The summed E-state index contributed by atoms with van der Waals surface area (Å²) in [6.45, 7) is 3.91. The summed E-state index contributed by atoms with van der Waals surface area (Å²) in [5.41, 5.74) is 1.53. The summed E-state index contributed by atoms with van der Waals surface area (Å²) in [5.74, 6) is 0.0670. The Morgan fingerprint density at radius 1 is 1.62 bits per heavy atom. The van der Waals surface area contributed by atoms with Crippen LogP contribution in [-0.4, -0.2) is 17.0 Å². The second-order valence-corrected chi connectivity index (χ2v) is 3.43. The molecular weight excluding hydrogens is 164 g/mol. The molecule has 0 saturated heterocycles. The zero-order valence-corrected chi connectivity index (χ0v) is 8.21. The van der Waals surface area contributed by atoms with Gasteiger partial charge in [-0.1, -0.05) is 25.5 Å². The third-order valence-electron chi connectivity index (χ3n) is 2.34. The number of carbonyl (C=O) groups is 1. The SMILES string of the molecule is CCC/C=C\C1=C(C)C(O)CC1=O. The summed E-state index contributed by atoms with van der Waals surface area (Å²) in [6.07, 6.45) is 5.62. The fraction of sp³-hybridized carbons (Fsp3) is 0.545. The largest absolute Gasteiger partial charge is 0.388 e. The van der Waals surface area contributed by atoms with Crippen LogP contribution in [0.15, 0.2) is 23.3 Å². The van der Waals surface area contributed by atoms with E-state index in [4.69, 9.17) is 0 Å². The zero-order chi connectivity index (χ0) is 9.84. The average Bonchev–Trinajstić information content (AvgIpc) is 2.32. The van der Waals surface area contributed by atoms with Crippen LogP contribution in [0.2, 0.25) is 0 Å². The number of aliphatic hydroxyl groups excluding tert-OH is 1. The van der Waals surface area contributed by atoms with Gasteiger partial charge in [-0.2, -0.15) is 0 Å². The van der Waals surface area contributed by atoms with Crippen molar-refractivity contribution < 1.29 is 9.90 Å². The first kappa shape index (κ1) is 10.2. The third-order valence-corrected chi connectivity index (χ3v) is 2.34. The van der Waals surface area contributed by atoms with Gasteiger partial charge in [0.2, 0.25) is 0 Å². The Labute approximate surface area is 79.0 Å². The number of rotatable bonds is 3. The number of ketones is 1. The van der Waals surface area contributed by atoms with Crippen LogP contribution in [0.1, 0.15) is 33.1 Å².